The third-order valence-electron chi connectivity index (χ3n) is 3.66. The van der Waals surface area contributed by atoms with E-state index in [9.17, 15) is 17.6 Å². The molecule has 6 heteroatoms. The van der Waals surface area contributed by atoms with Crippen LogP contribution < -0.4 is 5.32 Å². The number of nitrogens with one attached hydrogen (secondary N) is 1. The highest BCUT2D eigenvalue weighted by Crippen LogP contribution is 2.38. The van der Waals surface area contributed by atoms with Crippen LogP contribution in [0.4, 0.5) is 17.6 Å². The molecule has 0 spiro atoms. The van der Waals surface area contributed by atoms with E-state index in [0.717, 1.165) is 19.2 Å². The van der Waals surface area contributed by atoms with E-state index in [2.05, 4.69) is 5.32 Å². The van der Waals surface area contributed by atoms with Crippen molar-refractivity contribution in [3.05, 3.63) is 35.1 Å². The maximum absolute atomic E-state index is 13.2. The topological polar surface area (TPSA) is 15.3 Å². The van der Waals surface area contributed by atoms with E-state index in [-0.39, 0.29) is 11.6 Å². The molecule has 1 aliphatic heterocycles. The summed E-state index contributed by atoms with van der Waals surface area (Å²) in [6.45, 7) is 4.79. The lowest BCUT2D eigenvalue weighted by molar-refractivity contribution is -0.139. The van der Waals surface area contributed by atoms with E-state index >= 15 is 0 Å². The van der Waals surface area contributed by atoms with Gasteiger partial charge in [-0.1, -0.05) is 13.0 Å². The molecule has 1 aromatic carbocycles. The first-order valence-electron chi connectivity index (χ1n) is 6.75. The lowest BCUT2D eigenvalue weighted by Gasteiger charge is -2.35. The average Bonchev–Trinajstić information content (AvgIpc) is 2.41. The number of hydrogen-bond donors (Lipinski definition) is 1. The first-order valence-corrected chi connectivity index (χ1v) is 6.75. The Labute approximate surface area is 115 Å². The molecular formula is C14H18F4N2. The molecule has 0 saturated carbocycles. The zero-order valence-corrected chi connectivity index (χ0v) is 11.3. The van der Waals surface area contributed by atoms with Gasteiger partial charge in [0.15, 0.2) is 0 Å². The first-order chi connectivity index (χ1) is 9.43. The van der Waals surface area contributed by atoms with Crippen molar-refractivity contribution >= 4 is 0 Å². The Bertz CT molecular complexity index is 453. The average molecular weight is 290 g/mol. The Morgan fingerprint density at radius 1 is 1.25 bits per heavy atom. The number of halogens is 4. The summed E-state index contributed by atoms with van der Waals surface area (Å²) in [5.41, 5.74) is -0.689. The summed E-state index contributed by atoms with van der Waals surface area (Å²) in [5, 5.41) is 3.18. The van der Waals surface area contributed by atoms with Crippen LogP contribution in [0, 0.1) is 5.82 Å². The van der Waals surface area contributed by atoms with Gasteiger partial charge in [-0.2, -0.15) is 13.2 Å². The molecule has 0 bridgehead atoms. The van der Waals surface area contributed by atoms with Crippen LogP contribution in [-0.4, -0.2) is 31.1 Å². The smallest absolute Gasteiger partial charge is 0.314 e. The fraction of sp³-hybridized carbons (Fsp3) is 0.571. The van der Waals surface area contributed by atoms with Crippen LogP contribution in [0.1, 0.15) is 30.5 Å². The molecule has 0 aliphatic carbocycles. The number of hydrogen-bond acceptors (Lipinski definition) is 2. The van der Waals surface area contributed by atoms with Gasteiger partial charge in [-0.05, 0) is 24.1 Å². The summed E-state index contributed by atoms with van der Waals surface area (Å²) in [7, 11) is 0. The van der Waals surface area contributed by atoms with Gasteiger partial charge in [0.1, 0.15) is 5.82 Å². The molecule has 112 valence electrons. The van der Waals surface area contributed by atoms with E-state index in [0.29, 0.717) is 25.6 Å². The first kappa shape index (κ1) is 15.3. The largest absolute Gasteiger partial charge is 0.416 e. The fourth-order valence-corrected chi connectivity index (χ4v) is 2.73. The third-order valence-corrected chi connectivity index (χ3v) is 3.66. The predicted molar refractivity (Wildman–Crippen MR) is 68.9 cm³/mol. The quantitative estimate of drug-likeness (QED) is 0.860. The van der Waals surface area contributed by atoms with Crippen molar-refractivity contribution in [1.82, 2.24) is 10.2 Å². The van der Waals surface area contributed by atoms with Gasteiger partial charge >= 0.3 is 6.18 Å². The van der Waals surface area contributed by atoms with Gasteiger partial charge in [-0.3, -0.25) is 4.90 Å². The normalized spacial score (nSPS) is 19.1. The van der Waals surface area contributed by atoms with Crippen LogP contribution in [0.2, 0.25) is 0 Å². The molecule has 1 N–H and O–H groups in total. The molecule has 20 heavy (non-hydrogen) atoms. The minimum Gasteiger partial charge on any atom is -0.314 e. The third kappa shape index (κ3) is 3.30. The highest BCUT2D eigenvalue weighted by molar-refractivity contribution is 5.33. The van der Waals surface area contributed by atoms with Crippen molar-refractivity contribution in [2.45, 2.75) is 25.6 Å². The van der Waals surface area contributed by atoms with E-state index in [1.165, 1.54) is 6.07 Å². The van der Waals surface area contributed by atoms with Gasteiger partial charge in [-0.25, -0.2) is 4.39 Å². The molecule has 0 radical (unpaired) electrons. The molecule has 1 aliphatic rings. The maximum atomic E-state index is 13.2. The number of rotatable bonds is 3. The lowest BCUT2D eigenvalue weighted by Crippen LogP contribution is -2.45. The lowest BCUT2D eigenvalue weighted by atomic mass is 9.96. The van der Waals surface area contributed by atoms with Gasteiger partial charge in [0.2, 0.25) is 0 Å². The standard InChI is InChI=1S/C14H18F4N2/c1-2-13(20-7-5-19-6-8-20)11-4-3-10(15)9-12(11)14(16,17)18/h3-4,9,13,19H,2,5-8H2,1H3/t13-/m0/s1. The molecule has 1 aromatic rings. The predicted octanol–water partition coefficient (Wildman–Crippen LogP) is 3.20. The molecule has 2 rings (SSSR count). The number of alkyl halides is 3. The Kier molecular flexibility index (Phi) is 4.65. The number of piperazine rings is 1. The Morgan fingerprint density at radius 3 is 2.45 bits per heavy atom. The van der Waals surface area contributed by atoms with E-state index in [1.807, 2.05) is 11.8 Å². The van der Waals surface area contributed by atoms with Crippen LogP contribution in [0.5, 0.6) is 0 Å². The molecule has 1 fully saturated rings. The van der Waals surface area contributed by atoms with Crippen LogP contribution in [-0.2, 0) is 6.18 Å². The van der Waals surface area contributed by atoms with Crippen LogP contribution in [0.15, 0.2) is 18.2 Å². The second kappa shape index (κ2) is 6.10. The summed E-state index contributed by atoms with van der Waals surface area (Å²) in [4.78, 5) is 2.03. The molecule has 0 aromatic heterocycles. The van der Waals surface area contributed by atoms with Crippen molar-refractivity contribution < 1.29 is 17.6 Å². The van der Waals surface area contributed by atoms with E-state index < -0.39 is 17.6 Å². The Morgan fingerprint density at radius 2 is 1.90 bits per heavy atom. The minimum atomic E-state index is -4.53. The molecule has 0 amide bonds. The van der Waals surface area contributed by atoms with Gasteiger partial charge in [-0.15, -0.1) is 0 Å². The van der Waals surface area contributed by atoms with Crippen LogP contribution in [0.3, 0.4) is 0 Å². The van der Waals surface area contributed by atoms with Crippen LogP contribution in [0.25, 0.3) is 0 Å². The summed E-state index contributed by atoms with van der Waals surface area (Å²) >= 11 is 0. The van der Waals surface area contributed by atoms with Crippen molar-refractivity contribution in [3.63, 3.8) is 0 Å². The van der Waals surface area contributed by atoms with Crippen LogP contribution >= 0.6 is 0 Å². The SMILES string of the molecule is CC[C@@H](c1ccc(F)cc1C(F)(F)F)N1CCNCC1. The summed E-state index contributed by atoms with van der Waals surface area (Å²) in [6.07, 6.45) is -3.96. The fourth-order valence-electron chi connectivity index (χ4n) is 2.73. The van der Waals surface area contributed by atoms with Crippen molar-refractivity contribution in [1.29, 1.82) is 0 Å². The zero-order chi connectivity index (χ0) is 14.8. The summed E-state index contributed by atoms with van der Waals surface area (Å²) in [5.74, 6) is -0.851. The second-order valence-electron chi connectivity index (χ2n) is 4.94. The van der Waals surface area contributed by atoms with E-state index in [4.69, 9.17) is 0 Å². The Balaban J connectivity index is 2.38. The van der Waals surface area contributed by atoms with Gasteiger partial charge < -0.3 is 5.32 Å². The number of nitrogens with zero attached hydrogens (tertiary/aromatic N) is 1. The summed E-state index contributed by atoms with van der Waals surface area (Å²) in [6, 6.07) is 2.65. The zero-order valence-electron chi connectivity index (χ0n) is 11.3. The maximum Gasteiger partial charge on any atom is 0.416 e. The van der Waals surface area contributed by atoms with Gasteiger partial charge in [0.05, 0.1) is 5.56 Å². The van der Waals surface area contributed by atoms with E-state index in [1.54, 1.807) is 0 Å². The molecule has 1 saturated heterocycles. The highest BCUT2D eigenvalue weighted by Gasteiger charge is 2.36. The molecule has 0 unspecified atom stereocenters. The van der Waals surface area contributed by atoms with Crippen molar-refractivity contribution in [3.8, 4) is 0 Å². The van der Waals surface area contributed by atoms with Crippen molar-refractivity contribution in [2.24, 2.45) is 0 Å². The molecule has 2 nitrogen and oxygen atoms in total. The number of benzene rings is 1. The molecule has 1 atom stereocenters. The van der Waals surface area contributed by atoms with Gasteiger partial charge in [0, 0.05) is 32.2 Å². The monoisotopic (exact) mass is 290 g/mol. The molecular weight excluding hydrogens is 272 g/mol. The minimum absolute atomic E-state index is 0.170. The van der Waals surface area contributed by atoms with Gasteiger partial charge in [0.25, 0.3) is 0 Å². The molecule has 1 heterocycles. The van der Waals surface area contributed by atoms with Crippen molar-refractivity contribution in [2.75, 3.05) is 26.2 Å². The Hall–Kier alpha value is -1.14. The highest BCUT2D eigenvalue weighted by atomic mass is 19.4. The second-order valence-corrected chi connectivity index (χ2v) is 4.94. The summed E-state index contributed by atoms with van der Waals surface area (Å²) < 4.78 is 52.4.